The van der Waals surface area contributed by atoms with Crippen molar-refractivity contribution in [2.45, 2.75) is 20.0 Å². The maximum atomic E-state index is 11.1. The molecule has 1 amide bonds. The molecule has 0 aromatic heterocycles. The fourth-order valence-electron chi connectivity index (χ4n) is 1.82. The Bertz CT molecular complexity index is 479. The minimum absolute atomic E-state index is 0.141. The number of carbonyl (C=O) groups excluding carboxylic acids is 1. The number of hydrogen-bond acceptors (Lipinski definition) is 6. The van der Waals surface area contributed by atoms with Crippen LogP contribution in [0, 0.1) is 4.91 Å². The van der Waals surface area contributed by atoms with E-state index in [1.165, 1.54) is 13.0 Å². The molecule has 0 saturated heterocycles. The summed E-state index contributed by atoms with van der Waals surface area (Å²) in [5.74, 6) is -0.300. The van der Waals surface area contributed by atoms with Gasteiger partial charge in [-0.1, -0.05) is 0 Å². The quantitative estimate of drug-likeness (QED) is 0.652. The summed E-state index contributed by atoms with van der Waals surface area (Å²) >= 11 is 0. The second-order valence-corrected chi connectivity index (χ2v) is 4.35. The zero-order valence-corrected chi connectivity index (χ0v) is 11.5. The maximum absolute atomic E-state index is 11.1. The van der Waals surface area contributed by atoms with Crippen molar-refractivity contribution >= 4 is 23.0 Å². The molecule has 0 bridgehead atoms. The Morgan fingerprint density at radius 3 is 2.70 bits per heavy atom. The van der Waals surface area contributed by atoms with Gasteiger partial charge < -0.3 is 20.4 Å². The van der Waals surface area contributed by atoms with Crippen molar-refractivity contribution in [3.63, 3.8) is 0 Å². The van der Waals surface area contributed by atoms with Gasteiger partial charge in [0, 0.05) is 25.7 Å². The van der Waals surface area contributed by atoms with E-state index >= 15 is 0 Å². The zero-order valence-electron chi connectivity index (χ0n) is 11.5. The summed E-state index contributed by atoms with van der Waals surface area (Å²) in [6.07, 6.45) is -0.858. The van der Waals surface area contributed by atoms with E-state index in [2.05, 4.69) is 10.5 Å². The molecule has 0 radical (unpaired) electrons. The van der Waals surface area contributed by atoms with Crippen LogP contribution in [0.25, 0.3) is 0 Å². The summed E-state index contributed by atoms with van der Waals surface area (Å²) in [7, 11) is 0. The lowest BCUT2D eigenvalue weighted by Crippen LogP contribution is -2.34. The Labute approximate surface area is 117 Å². The van der Waals surface area contributed by atoms with Crippen LogP contribution >= 0.6 is 0 Å². The molecule has 1 rings (SSSR count). The monoisotopic (exact) mass is 281 g/mol. The van der Waals surface area contributed by atoms with E-state index in [0.29, 0.717) is 12.2 Å². The van der Waals surface area contributed by atoms with Crippen LogP contribution in [0.3, 0.4) is 0 Å². The van der Waals surface area contributed by atoms with Crippen LogP contribution in [0.4, 0.5) is 17.1 Å². The highest BCUT2D eigenvalue weighted by Gasteiger charge is 2.13. The van der Waals surface area contributed by atoms with Crippen molar-refractivity contribution in [2.24, 2.45) is 5.18 Å². The number of amides is 1. The summed E-state index contributed by atoms with van der Waals surface area (Å²) < 4.78 is 0. The standard InChI is InChI=1S/C13H19N3O4/c1-3-16(7-11(19)8-17)10-4-5-12(15-20)13(6-10)14-9(2)18/h4-6,11,17,19H,3,7-8H2,1-2H3,(H,14,18). The minimum atomic E-state index is -0.858. The van der Waals surface area contributed by atoms with Gasteiger partial charge >= 0.3 is 0 Å². The van der Waals surface area contributed by atoms with E-state index in [9.17, 15) is 14.8 Å². The van der Waals surface area contributed by atoms with Crippen molar-refractivity contribution in [1.29, 1.82) is 0 Å². The SMILES string of the molecule is CCN(CC(O)CO)c1ccc(N=O)c(NC(C)=O)c1. The molecule has 20 heavy (non-hydrogen) atoms. The summed E-state index contributed by atoms with van der Waals surface area (Å²) in [5.41, 5.74) is 1.18. The fourth-order valence-corrected chi connectivity index (χ4v) is 1.82. The molecule has 0 aliphatic rings. The first-order valence-corrected chi connectivity index (χ1v) is 6.30. The van der Waals surface area contributed by atoms with Crippen molar-refractivity contribution < 1.29 is 15.0 Å². The first-order valence-electron chi connectivity index (χ1n) is 6.30. The Hall–Kier alpha value is -1.99. The van der Waals surface area contributed by atoms with Gasteiger partial charge in [-0.25, -0.2) is 0 Å². The number of nitrogens with zero attached hydrogens (tertiary/aromatic N) is 2. The average molecular weight is 281 g/mol. The first kappa shape index (κ1) is 16.1. The van der Waals surface area contributed by atoms with Crippen LogP contribution in [0.15, 0.2) is 23.4 Å². The highest BCUT2D eigenvalue weighted by molar-refractivity contribution is 5.92. The second kappa shape index (κ2) is 7.56. The minimum Gasteiger partial charge on any atom is -0.394 e. The molecule has 1 aromatic carbocycles. The van der Waals surface area contributed by atoms with Crippen LogP contribution in [-0.4, -0.2) is 41.9 Å². The molecule has 3 N–H and O–H groups in total. The van der Waals surface area contributed by atoms with Gasteiger partial charge in [0.05, 0.1) is 18.4 Å². The number of likely N-dealkylation sites (N-methyl/N-ethyl adjacent to an activating group) is 1. The fraction of sp³-hybridized carbons (Fsp3) is 0.462. The van der Waals surface area contributed by atoms with Crippen molar-refractivity contribution in [2.75, 3.05) is 29.9 Å². The number of aliphatic hydroxyl groups is 2. The van der Waals surface area contributed by atoms with Gasteiger partial charge in [0.15, 0.2) is 0 Å². The molecule has 0 heterocycles. The molecule has 0 aliphatic carbocycles. The molecule has 1 aromatic rings. The van der Waals surface area contributed by atoms with Crippen LogP contribution in [0.1, 0.15) is 13.8 Å². The number of nitroso groups, excluding NO2 is 1. The normalized spacial score (nSPS) is 11.8. The number of rotatable bonds is 7. The molecule has 0 fully saturated rings. The number of hydrogen-bond donors (Lipinski definition) is 3. The van der Waals surface area contributed by atoms with Gasteiger partial charge in [0.25, 0.3) is 0 Å². The van der Waals surface area contributed by atoms with E-state index in [4.69, 9.17) is 5.11 Å². The maximum Gasteiger partial charge on any atom is 0.221 e. The predicted molar refractivity (Wildman–Crippen MR) is 77.2 cm³/mol. The van der Waals surface area contributed by atoms with Gasteiger partial charge in [0.2, 0.25) is 5.91 Å². The topological polar surface area (TPSA) is 102 Å². The molecule has 0 aliphatic heterocycles. The number of anilines is 2. The van der Waals surface area contributed by atoms with Gasteiger partial charge in [-0.3, -0.25) is 4.79 Å². The zero-order chi connectivity index (χ0) is 15.1. The van der Waals surface area contributed by atoms with Crippen molar-refractivity contribution in [3.05, 3.63) is 23.1 Å². The van der Waals surface area contributed by atoms with E-state index in [1.54, 1.807) is 12.1 Å². The van der Waals surface area contributed by atoms with Crippen molar-refractivity contribution in [1.82, 2.24) is 0 Å². The molecular weight excluding hydrogens is 262 g/mol. The first-order chi connectivity index (χ1) is 9.51. The lowest BCUT2D eigenvalue weighted by Gasteiger charge is -2.25. The summed E-state index contributed by atoms with van der Waals surface area (Å²) in [6, 6.07) is 4.79. The van der Waals surface area contributed by atoms with Crippen molar-refractivity contribution in [3.8, 4) is 0 Å². The van der Waals surface area contributed by atoms with Gasteiger partial charge in [-0.15, -0.1) is 4.91 Å². The largest absolute Gasteiger partial charge is 0.394 e. The smallest absolute Gasteiger partial charge is 0.221 e. The Morgan fingerprint density at radius 1 is 1.50 bits per heavy atom. The predicted octanol–water partition coefficient (Wildman–Crippen LogP) is 1.22. The highest BCUT2D eigenvalue weighted by Crippen LogP contribution is 2.30. The number of carbonyl (C=O) groups is 1. The second-order valence-electron chi connectivity index (χ2n) is 4.35. The molecule has 110 valence electrons. The van der Waals surface area contributed by atoms with E-state index in [-0.39, 0.29) is 24.7 Å². The van der Waals surface area contributed by atoms with Crippen LogP contribution < -0.4 is 10.2 Å². The summed E-state index contributed by atoms with van der Waals surface area (Å²) in [5, 5.41) is 23.8. The van der Waals surface area contributed by atoms with E-state index in [1.807, 2.05) is 11.8 Å². The third kappa shape index (κ3) is 4.29. The van der Waals surface area contributed by atoms with E-state index in [0.717, 1.165) is 5.69 Å². The third-order valence-corrected chi connectivity index (χ3v) is 2.78. The highest BCUT2D eigenvalue weighted by atomic mass is 16.3. The number of benzene rings is 1. The summed E-state index contributed by atoms with van der Waals surface area (Å²) in [6.45, 7) is 3.76. The molecule has 7 heteroatoms. The molecule has 1 unspecified atom stereocenters. The molecule has 0 saturated carbocycles. The Morgan fingerprint density at radius 2 is 2.20 bits per heavy atom. The molecule has 1 atom stereocenters. The molecule has 7 nitrogen and oxygen atoms in total. The lowest BCUT2D eigenvalue weighted by atomic mass is 10.2. The molecular formula is C13H19N3O4. The van der Waals surface area contributed by atoms with Gasteiger partial charge in [0.1, 0.15) is 5.69 Å². The Balaban J connectivity index is 3.04. The Kier molecular flexibility index (Phi) is 6.08. The van der Waals surface area contributed by atoms with Gasteiger partial charge in [-0.05, 0) is 30.3 Å². The van der Waals surface area contributed by atoms with Crippen LogP contribution in [-0.2, 0) is 4.79 Å². The average Bonchev–Trinajstić information content (AvgIpc) is 2.43. The van der Waals surface area contributed by atoms with Gasteiger partial charge in [-0.2, -0.15) is 0 Å². The van der Waals surface area contributed by atoms with Crippen LogP contribution in [0.5, 0.6) is 0 Å². The third-order valence-electron chi connectivity index (χ3n) is 2.78. The molecule has 0 spiro atoms. The number of nitrogens with one attached hydrogen (secondary N) is 1. The lowest BCUT2D eigenvalue weighted by molar-refractivity contribution is -0.114. The van der Waals surface area contributed by atoms with E-state index < -0.39 is 6.10 Å². The summed E-state index contributed by atoms with van der Waals surface area (Å²) in [4.78, 5) is 23.6. The number of aliphatic hydroxyl groups excluding tert-OH is 2. The van der Waals surface area contributed by atoms with Crippen LogP contribution in [0.2, 0.25) is 0 Å².